The molecule has 0 bridgehead atoms. The van der Waals surface area contributed by atoms with Gasteiger partial charge in [-0.25, -0.2) is 0 Å². The van der Waals surface area contributed by atoms with E-state index < -0.39 is 0 Å². The third-order valence-corrected chi connectivity index (χ3v) is 3.66. The SMILES string of the molecule is Cc1ccc(C(=O)N2CCNCC2C#N)c(Br)c1. The van der Waals surface area contributed by atoms with Gasteiger partial charge in [-0.05, 0) is 40.5 Å². The lowest BCUT2D eigenvalue weighted by atomic mass is 10.1. The second-order valence-corrected chi connectivity index (χ2v) is 5.19. The number of rotatable bonds is 1. The van der Waals surface area contributed by atoms with Crippen molar-refractivity contribution >= 4 is 21.8 Å². The van der Waals surface area contributed by atoms with Crippen LogP contribution in [0.3, 0.4) is 0 Å². The first kappa shape index (κ1) is 13.1. The van der Waals surface area contributed by atoms with Crippen molar-refractivity contribution in [2.24, 2.45) is 0 Å². The van der Waals surface area contributed by atoms with Crippen molar-refractivity contribution in [3.8, 4) is 6.07 Å². The van der Waals surface area contributed by atoms with Gasteiger partial charge < -0.3 is 10.2 Å². The number of hydrogen-bond acceptors (Lipinski definition) is 3. The summed E-state index contributed by atoms with van der Waals surface area (Å²) in [5.41, 5.74) is 1.71. The smallest absolute Gasteiger partial charge is 0.256 e. The molecule has 1 aliphatic rings. The van der Waals surface area contributed by atoms with Gasteiger partial charge in [0, 0.05) is 24.1 Å². The summed E-state index contributed by atoms with van der Waals surface area (Å²) in [5, 5.41) is 12.2. The maximum Gasteiger partial charge on any atom is 0.256 e. The zero-order chi connectivity index (χ0) is 13.1. The molecule has 18 heavy (non-hydrogen) atoms. The molecular formula is C13H14BrN3O. The molecule has 0 aromatic heterocycles. The van der Waals surface area contributed by atoms with Gasteiger partial charge in [0.25, 0.3) is 5.91 Å². The molecular weight excluding hydrogens is 294 g/mol. The number of piperazine rings is 1. The van der Waals surface area contributed by atoms with Crippen LogP contribution < -0.4 is 5.32 Å². The molecule has 2 rings (SSSR count). The molecule has 1 saturated heterocycles. The molecule has 1 amide bonds. The van der Waals surface area contributed by atoms with E-state index in [1.165, 1.54) is 0 Å². The van der Waals surface area contributed by atoms with Gasteiger partial charge in [-0.3, -0.25) is 4.79 Å². The Morgan fingerprint density at radius 3 is 3.06 bits per heavy atom. The van der Waals surface area contributed by atoms with Crippen molar-refractivity contribution in [3.63, 3.8) is 0 Å². The summed E-state index contributed by atoms with van der Waals surface area (Å²) in [6.45, 7) is 3.80. The van der Waals surface area contributed by atoms with Gasteiger partial charge in [-0.1, -0.05) is 6.07 Å². The Kier molecular flexibility index (Phi) is 4.00. The molecule has 1 aliphatic heterocycles. The Bertz CT molecular complexity index is 509. The summed E-state index contributed by atoms with van der Waals surface area (Å²) in [6.07, 6.45) is 0. The molecule has 5 heteroatoms. The van der Waals surface area contributed by atoms with Crippen molar-refractivity contribution in [2.75, 3.05) is 19.6 Å². The molecule has 0 aliphatic carbocycles. The normalized spacial score (nSPS) is 19.4. The van der Waals surface area contributed by atoms with Crippen molar-refractivity contribution in [1.82, 2.24) is 10.2 Å². The van der Waals surface area contributed by atoms with Crippen LogP contribution in [0, 0.1) is 18.3 Å². The largest absolute Gasteiger partial charge is 0.320 e. The van der Waals surface area contributed by atoms with E-state index >= 15 is 0 Å². The number of amides is 1. The minimum Gasteiger partial charge on any atom is -0.320 e. The quantitative estimate of drug-likeness (QED) is 0.859. The van der Waals surface area contributed by atoms with Gasteiger partial charge in [0.2, 0.25) is 0 Å². The zero-order valence-electron chi connectivity index (χ0n) is 10.1. The molecule has 1 aromatic carbocycles. The maximum absolute atomic E-state index is 12.4. The fourth-order valence-electron chi connectivity index (χ4n) is 2.01. The maximum atomic E-state index is 12.4. The summed E-state index contributed by atoms with van der Waals surface area (Å²) < 4.78 is 0.780. The summed E-state index contributed by atoms with van der Waals surface area (Å²) in [5.74, 6) is -0.0880. The average molecular weight is 308 g/mol. The van der Waals surface area contributed by atoms with Gasteiger partial charge in [0.15, 0.2) is 0 Å². The number of hydrogen-bond donors (Lipinski definition) is 1. The van der Waals surface area contributed by atoms with Crippen molar-refractivity contribution < 1.29 is 4.79 Å². The third kappa shape index (κ3) is 2.55. The van der Waals surface area contributed by atoms with E-state index in [9.17, 15) is 4.79 Å². The van der Waals surface area contributed by atoms with E-state index in [1.54, 1.807) is 11.0 Å². The second kappa shape index (κ2) is 5.51. The molecule has 0 saturated carbocycles. The minimum absolute atomic E-state index is 0.0880. The molecule has 1 heterocycles. The minimum atomic E-state index is -0.389. The van der Waals surface area contributed by atoms with Crippen LogP contribution in [0.2, 0.25) is 0 Å². The fourth-order valence-corrected chi connectivity index (χ4v) is 2.67. The molecule has 1 atom stereocenters. The van der Waals surface area contributed by atoms with Crippen LogP contribution in [0.25, 0.3) is 0 Å². The highest BCUT2D eigenvalue weighted by Crippen LogP contribution is 2.21. The lowest BCUT2D eigenvalue weighted by molar-refractivity contribution is 0.0686. The molecule has 1 unspecified atom stereocenters. The Labute approximate surface area is 115 Å². The number of carbonyl (C=O) groups excluding carboxylic acids is 1. The third-order valence-electron chi connectivity index (χ3n) is 3.01. The Hall–Kier alpha value is -1.38. The summed E-state index contributed by atoms with van der Waals surface area (Å²) in [4.78, 5) is 14.0. The molecule has 1 fully saturated rings. The number of halogens is 1. The highest BCUT2D eigenvalue weighted by atomic mass is 79.9. The average Bonchev–Trinajstić information content (AvgIpc) is 2.38. The van der Waals surface area contributed by atoms with Crippen LogP contribution in [0.1, 0.15) is 15.9 Å². The van der Waals surface area contributed by atoms with E-state index in [4.69, 9.17) is 5.26 Å². The number of nitrogens with zero attached hydrogens (tertiary/aromatic N) is 2. The number of aryl methyl sites for hydroxylation is 1. The van der Waals surface area contributed by atoms with Crippen LogP contribution in [0.5, 0.6) is 0 Å². The molecule has 4 nitrogen and oxygen atoms in total. The summed E-state index contributed by atoms with van der Waals surface area (Å²) in [6, 6.07) is 7.40. The van der Waals surface area contributed by atoms with E-state index in [-0.39, 0.29) is 11.9 Å². The fraction of sp³-hybridized carbons (Fsp3) is 0.385. The van der Waals surface area contributed by atoms with Crippen LogP contribution in [0.4, 0.5) is 0 Å². The number of benzene rings is 1. The highest BCUT2D eigenvalue weighted by molar-refractivity contribution is 9.10. The molecule has 1 N–H and O–H groups in total. The lowest BCUT2D eigenvalue weighted by Gasteiger charge is -2.32. The van der Waals surface area contributed by atoms with E-state index in [0.29, 0.717) is 18.7 Å². The zero-order valence-corrected chi connectivity index (χ0v) is 11.7. The monoisotopic (exact) mass is 307 g/mol. The standard InChI is InChI=1S/C13H14BrN3O/c1-9-2-3-11(12(14)6-9)13(18)17-5-4-16-8-10(17)7-15/h2-3,6,10,16H,4-5,8H2,1H3. The Balaban J connectivity index is 2.27. The summed E-state index contributed by atoms with van der Waals surface area (Å²) in [7, 11) is 0. The van der Waals surface area contributed by atoms with E-state index in [1.807, 2.05) is 19.1 Å². The topological polar surface area (TPSA) is 56.1 Å². The highest BCUT2D eigenvalue weighted by Gasteiger charge is 2.28. The van der Waals surface area contributed by atoms with E-state index in [0.717, 1.165) is 16.6 Å². The van der Waals surface area contributed by atoms with Crippen molar-refractivity contribution in [1.29, 1.82) is 5.26 Å². The number of nitriles is 1. The Morgan fingerprint density at radius 2 is 2.39 bits per heavy atom. The predicted molar refractivity (Wildman–Crippen MR) is 72.2 cm³/mol. The van der Waals surface area contributed by atoms with Gasteiger partial charge in [-0.2, -0.15) is 5.26 Å². The molecule has 94 valence electrons. The first-order valence-electron chi connectivity index (χ1n) is 5.81. The van der Waals surface area contributed by atoms with Gasteiger partial charge in [-0.15, -0.1) is 0 Å². The van der Waals surface area contributed by atoms with Crippen LogP contribution >= 0.6 is 15.9 Å². The van der Waals surface area contributed by atoms with E-state index in [2.05, 4.69) is 27.3 Å². The summed E-state index contributed by atoms with van der Waals surface area (Å²) >= 11 is 3.41. The lowest BCUT2D eigenvalue weighted by Crippen LogP contribution is -2.53. The molecule has 0 spiro atoms. The van der Waals surface area contributed by atoms with Gasteiger partial charge >= 0.3 is 0 Å². The first-order chi connectivity index (χ1) is 8.63. The van der Waals surface area contributed by atoms with Crippen molar-refractivity contribution in [3.05, 3.63) is 33.8 Å². The molecule has 0 radical (unpaired) electrons. The van der Waals surface area contributed by atoms with Gasteiger partial charge in [0.1, 0.15) is 6.04 Å². The predicted octanol–water partition coefficient (Wildman–Crippen LogP) is 1.70. The Morgan fingerprint density at radius 1 is 1.61 bits per heavy atom. The second-order valence-electron chi connectivity index (χ2n) is 4.33. The van der Waals surface area contributed by atoms with Crippen LogP contribution in [-0.2, 0) is 0 Å². The van der Waals surface area contributed by atoms with Crippen LogP contribution in [-0.4, -0.2) is 36.5 Å². The van der Waals surface area contributed by atoms with Crippen LogP contribution in [0.15, 0.2) is 22.7 Å². The first-order valence-corrected chi connectivity index (χ1v) is 6.60. The van der Waals surface area contributed by atoms with Gasteiger partial charge in [0.05, 0.1) is 11.6 Å². The number of nitrogens with one attached hydrogen (secondary N) is 1. The number of carbonyl (C=O) groups is 1. The molecule has 1 aromatic rings. The van der Waals surface area contributed by atoms with Crippen molar-refractivity contribution in [2.45, 2.75) is 13.0 Å².